The van der Waals surface area contributed by atoms with Crippen LogP contribution >= 0.6 is 0 Å². The van der Waals surface area contributed by atoms with Gasteiger partial charge < -0.3 is 4.90 Å². The van der Waals surface area contributed by atoms with E-state index in [1.165, 1.54) is 0 Å². The van der Waals surface area contributed by atoms with Crippen LogP contribution in [0.4, 0.5) is 0 Å². The van der Waals surface area contributed by atoms with Crippen molar-refractivity contribution in [2.75, 3.05) is 7.05 Å². The van der Waals surface area contributed by atoms with Crippen LogP contribution in [0, 0.1) is 18.3 Å². The first kappa shape index (κ1) is 11.7. The molecule has 3 heteroatoms. The summed E-state index contributed by atoms with van der Waals surface area (Å²) < 4.78 is 0. The summed E-state index contributed by atoms with van der Waals surface area (Å²) in [6, 6.07) is 9.75. The smallest absolute Gasteiger partial charge is 0.254 e. The number of aryl methyl sites for hydroxylation is 1. The SMILES string of the molecule is Cc1ccc(C(=O)N(C)C2(C#N)CCC2)cc1. The van der Waals surface area contributed by atoms with Crippen molar-refractivity contribution in [3.05, 3.63) is 35.4 Å². The van der Waals surface area contributed by atoms with Crippen LogP contribution in [0.1, 0.15) is 35.2 Å². The molecule has 0 heterocycles. The van der Waals surface area contributed by atoms with Crippen molar-refractivity contribution >= 4 is 5.91 Å². The Labute approximate surface area is 102 Å². The lowest BCUT2D eigenvalue weighted by Crippen LogP contribution is -2.53. The maximum atomic E-state index is 12.2. The van der Waals surface area contributed by atoms with Crippen LogP contribution in [-0.2, 0) is 0 Å². The summed E-state index contributed by atoms with van der Waals surface area (Å²) in [6.45, 7) is 1.99. The molecule has 0 atom stereocenters. The largest absolute Gasteiger partial charge is 0.323 e. The molecule has 0 radical (unpaired) electrons. The Balaban J connectivity index is 2.20. The van der Waals surface area contributed by atoms with Crippen LogP contribution in [-0.4, -0.2) is 23.4 Å². The van der Waals surface area contributed by atoms with Gasteiger partial charge in [0.05, 0.1) is 6.07 Å². The van der Waals surface area contributed by atoms with E-state index in [9.17, 15) is 10.1 Å². The summed E-state index contributed by atoms with van der Waals surface area (Å²) in [4.78, 5) is 13.8. The Kier molecular flexibility index (Phi) is 2.89. The monoisotopic (exact) mass is 228 g/mol. The van der Waals surface area contributed by atoms with Crippen molar-refractivity contribution in [2.45, 2.75) is 31.7 Å². The van der Waals surface area contributed by atoms with Gasteiger partial charge in [-0.1, -0.05) is 17.7 Å². The first-order valence-corrected chi connectivity index (χ1v) is 5.85. The van der Waals surface area contributed by atoms with Crippen LogP contribution in [0.5, 0.6) is 0 Å². The molecule has 0 aliphatic heterocycles. The van der Waals surface area contributed by atoms with Gasteiger partial charge in [-0.2, -0.15) is 5.26 Å². The van der Waals surface area contributed by atoms with Crippen molar-refractivity contribution in [3.8, 4) is 6.07 Å². The van der Waals surface area contributed by atoms with Crippen molar-refractivity contribution in [1.29, 1.82) is 5.26 Å². The van der Waals surface area contributed by atoms with E-state index in [2.05, 4.69) is 6.07 Å². The zero-order valence-corrected chi connectivity index (χ0v) is 10.2. The number of carbonyl (C=O) groups excluding carboxylic acids is 1. The summed E-state index contributed by atoms with van der Waals surface area (Å²) in [5, 5.41) is 9.20. The molecular weight excluding hydrogens is 212 g/mol. The van der Waals surface area contributed by atoms with Crippen LogP contribution in [0.25, 0.3) is 0 Å². The highest BCUT2D eigenvalue weighted by molar-refractivity contribution is 5.95. The Hall–Kier alpha value is -1.82. The molecule has 0 N–H and O–H groups in total. The standard InChI is InChI=1S/C14H16N2O/c1-11-4-6-12(7-5-11)13(17)16(2)14(10-15)8-3-9-14/h4-7H,3,8-9H2,1-2H3. The molecule has 1 aromatic rings. The molecule has 0 saturated heterocycles. The number of hydrogen-bond donors (Lipinski definition) is 0. The quantitative estimate of drug-likeness (QED) is 0.780. The van der Waals surface area contributed by atoms with E-state index in [4.69, 9.17) is 0 Å². The third-order valence-electron chi connectivity index (χ3n) is 3.63. The molecule has 3 nitrogen and oxygen atoms in total. The number of hydrogen-bond acceptors (Lipinski definition) is 2. The fourth-order valence-electron chi connectivity index (χ4n) is 2.12. The van der Waals surface area contributed by atoms with Gasteiger partial charge in [-0.05, 0) is 38.3 Å². The maximum Gasteiger partial charge on any atom is 0.254 e. The first-order valence-electron chi connectivity index (χ1n) is 5.85. The number of amides is 1. The molecule has 1 fully saturated rings. The fraction of sp³-hybridized carbons (Fsp3) is 0.429. The van der Waals surface area contributed by atoms with Gasteiger partial charge in [0.2, 0.25) is 0 Å². The summed E-state index contributed by atoms with van der Waals surface area (Å²) in [5.41, 5.74) is 1.21. The van der Waals surface area contributed by atoms with Gasteiger partial charge in [0.25, 0.3) is 5.91 Å². The number of rotatable bonds is 2. The number of nitriles is 1. The number of nitrogens with zero attached hydrogens (tertiary/aromatic N) is 2. The van der Waals surface area contributed by atoms with Crippen LogP contribution < -0.4 is 0 Å². The molecule has 1 aliphatic carbocycles. The lowest BCUT2D eigenvalue weighted by Gasteiger charge is -2.42. The van der Waals surface area contributed by atoms with Gasteiger partial charge in [-0.15, -0.1) is 0 Å². The van der Waals surface area contributed by atoms with Crippen molar-refractivity contribution in [1.82, 2.24) is 4.90 Å². The lowest BCUT2D eigenvalue weighted by atomic mass is 9.76. The average molecular weight is 228 g/mol. The number of carbonyl (C=O) groups is 1. The fourth-order valence-corrected chi connectivity index (χ4v) is 2.12. The van der Waals surface area contributed by atoms with Gasteiger partial charge >= 0.3 is 0 Å². The molecule has 17 heavy (non-hydrogen) atoms. The molecule has 2 rings (SSSR count). The molecule has 88 valence electrons. The molecule has 0 bridgehead atoms. The zero-order valence-electron chi connectivity index (χ0n) is 10.2. The maximum absolute atomic E-state index is 12.2. The second-order valence-electron chi connectivity index (χ2n) is 4.73. The van der Waals surface area contributed by atoms with Gasteiger partial charge in [-0.3, -0.25) is 4.79 Å². The normalized spacial score (nSPS) is 16.8. The average Bonchev–Trinajstić information content (AvgIpc) is 2.28. The van der Waals surface area contributed by atoms with Gasteiger partial charge in [-0.25, -0.2) is 0 Å². The van der Waals surface area contributed by atoms with Crippen LogP contribution in [0.2, 0.25) is 0 Å². The van der Waals surface area contributed by atoms with E-state index in [0.717, 1.165) is 24.8 Å². The molecular formula is C14H16N2O. The minimum Gasteiger partial charge on any atom is -0.323 e. The lowest BCUT2D eigenvalue weighted by molar-refractivity contribution is 0.0497. The summed E-state index contributed by atoms with van der Waals surface area (Å²) >= 11 is 0. The second-order valence-corrected chi connectivity index (χ2v) is 4.73. The molecule has 1 aliphatic rings. The predicted molar refractivity (Wildman–Crippen MR) is 65.5 cm³/mol. The molecule has 0 unspecified atom stereocenters. The second kappa shape index (κ2) is 4.21. The van der Waals surface area contributed by atoms with E-state index in [0.29, 0.717) is 5.56 Å². The van der Waals surface area contributed by atoms with E-state index >= 15 is 0 Å². The van der Waals surface area contributed by atoms with Crippen LogP contribution in [0.3, 0.4) is 0 Å². The Morgan fingerprint density at radius 2 is 1.94 bits per heavy atom. The van der Waals surface area contributed by atoms with Gasteiger partial charge in [0.15, 0.2) is 0 Å². The predicted octanol–water partition coefficient (Wildman–Crippen LogP) is 2.51. The molecule has 0 spiro atoms. The summed E-state index contributed by atoms with van der Waals surface area (Å²) in [5.74, 6) is -0.0637. The van der Waals surface area contributed by atoms with E-state index < -0.39 is 5.54 Å². The van der Waals surface area contributed by atoms with E-state index in [1.807, 2.05) is 31.2 Å². The third-order valence-corrected chi connectivity index (χ3v) is 3.63. The first-order chi connectivity index (χ1) is 8.09. The van der Waals surface area contributed by atoms with Crippen molar-refractivity contribution in [3.63, 3.8) is 0 Å². The minimum atomic E-state index is -0.567. The van der Waals surface area contributed by atoms with Crippen LogP contribution in [0.15, 0.2) is 24.3 Å². The topological polar surface area (TPSA) is 44.1 Å². The van der Waals surface area contributed by atoms with Crippen molar-refractivity contribution < 1.29 is 4.79 Å². The molecule has 1 aromatic carbocycles. The van der Waals surface area contributed by atoms with E-state index in [-0.39, 0.29) is 5.91 Å². The van der Waals surface area contributed by atoms with Gasteiger partial charge in [0.1, 0.15) is 5.54 Å². The highest BCUT2D eigenvalue weighted by Crippen LogP contribution is 2.36. The third kappa shape index (κ3) is 1.91. The Morgan fingerprint density at radius 3 is 2.35 bits per heavy atom. The highest BCUT2D eigenvalue weighted by Gasteiger charge is 2.43. The molecule has 1 amide bonds. The summed E-state index contributed by atoms with van der Waals surface area (Å²) in [7, 11) is 1.73. The van der Waals surface area contributed by atoms with E-state index in [1.54, 1.807) is 11.9 Å². The minimum absolute atomic E-state index is 0.0637. The van der Waals surface area contributed by atoms with Crippen molar-refractivity contribution in [2.24, 2.45) is 0 Å². The summed E-state index contributed by atoms with van der Waals surface area (Å²) in [6.07, 6.45) is 2.61. The molecule has 1 saturated carbocycles. The Bertz CT molecular complexity index is 466. The zero-order chi connectivity index (χ0) is 12.5. The highest BCUT2D eigenvalue weighted by atomic mass is 16.2. The molecule has 0 aromatic heterocycles. The number of benzene rings is 1. The van der Waals surface area contributed by atoms with Gasteiger partial charge in [0, 0.05) is 12.6 Å². The Morgan fingerprint density at radius 1 is 1.35 bits per heavy atom.